The van der Waals surface area contributed by atoms with Gasteiger partial charge in [-0.3, -0.25) is 4.90 Å². The summed E-state index contributed by atoms with van der Waals surface area (Å²) in [5, 5.41) is 8.71. The third-order valence-electron chi connectivity index (χ3n) is 2.24. The molecule has 80 valence electrons. The molecule has 2 N–H and O–H groups in total. The SMILES string of the molecule is CC(N)(C#N)CN1CCS(=O)(=O)CC1. The molecule has 1 aliphatic rings. The number of hydrogen-bond acceptors (Lipinski definition) is 5. The van der Waals surface area contributed by atoms with Crippen molar-refractivity contribution in [2.24, 2.45) is 5.73 Å². The zero-order valence-electron chi connectivity index (χ0n) is 8.23. The number of hydrogen-bond donors (Lipinski definition) is 1. The fraction of sp³-hybridized carbons (Fsp3) is 0.875. The Hall–Kier alpha value is -0.640. The fourth-order valence-electron chi connectivity index (χ4n) is 1.41. The molecule has 1 unspecified atom stereocenters. The normalized spacial score (nSPS) is 26.4. The first-order valence-corrected chi connectivity index (χ1v) is 6.30. The minimum Gasteiger partial charge on any atom is -0.313 e. The van der Waals surface area contributed by atoms with E-state index < -0.39 is 15.4 Å². The summed E-state index contributed by atoms with van der Waals surface area (Å²) in [5.41, 5.74) is 4.77. The van der Waals surface area contributed by atoms with Crippen LogP contribution < -0.4 is 5.73 Å². The van der Waals surface area contributed by atoms with Gasteiger partial charge in [0.2, 0.25) is 0 Å². The summed E-state index contributed by atoms with van der Waals surface area (Å²) in [4.78, 5) is 1.92. The van der Waals surface area contributed by atoms with E-state index in [4.69, 9.17) is 11.0 Å². The van der Waals surface area contributed by atoms with Crippen LogP contribution in [0.1, 0.15) is 6.92 Å². The summed E-state index contributed by atoms with van der Waals surface area (Å²) in [7, 11) is -2.84. The molecule has 1 atom stereocenters. The highest BCUT2D eigenvalue weighted by molar-refractivity contribution is 7.91. The van der Waals surface area contributed by atoms with Crippen LogP contribution >= 0.6 is 0 Å². The Morgan fingerprint density at radius 2 is 2.00 bits per heavy atom. The van der Waals surface area contributed by atoms with Crippen molar-refractivity contribution >= 4 is 9.84 Å². The zero-order chi connectivity index (χ0) is 10.8. The molecular weight excluding hydrogens is 202 g/mol. The smallest absolute Gasteiger partial charge is 0.152 e. The lowest BCUT2D eigenvalue weighted by atomic mass is 10.1. The van der Waals surface area contributed by atoms with Crippen LogP contribution in [-0.2, 0) is 9.84 Å². The predicted molar refractivity (Wildman–Crippen MR) is 53.3 cm³/mol. The van der Waals surface area contributed by atoms with Crippen LogP contribution in [0.4, 0.5) is 0 Å². The topological polar surface area (TPSA) is 87.2 Å². The molecule has 14 heavy (non-hydrogen) atoms. The Balaban J connectivity index is 2.49. The van der Waals surface area contributed by atoms with Crippen molar-refractivity contribution in [1.82, 2.24) is 4.90 Å². The highest BCUT2D eigenvalue weighted by Crippen LogP contribution is 2.07. The van der Waals surface area contributed by atoms with Crippen LogP contribution in [0.15, 0.2) is 0 Å². The third-order valence-corrected chi connectivity index (χ3v) is 3.85. The largest absolute Gasteiger partial charge is 0.313 e. The third kappa shape index (κ3) is 3.25. The van der Waals surface area contributed by atoms with E-state index in [2.05, 4.69) is 0 Å². The maximum absolute atomic E-state index is 11.1. The second-order valence-electron chi connectivity index (χ2n) is 3.96. The van der Waals surface area contributed by atoms with Crippen molar-refractivity contribution in [2.45, 2.75) is 12.5 Å². The summed E-state index contributed by atoms with van der Waals surface area (Å²) < 4.78 is 22.2. The summed E-state index contributed by atoms with van der Waals surface area (Å²) >= 11 is 0. The van der Waals surface area contributed by atoms with E-state index in [1.165, 1.54) is 0 Å². The Morgan fingerprint density at radius 3 is 2.43 bits per heavy atom. The number of sulfone groups is 1. The first kappa shape index (κ1) is 11.4. The average molecular weight is 217 g/mol. The molecule has 1 heterocycles. The van der Waals surface area contributed by atoms with Crippen LogP contribution in [0.25, 0.3) is 0 Å². The first-order chi connectivity index (χ1) is 6.35. The lowest BCUT2D eigenvalue weighted by molar-refractivity contribution is 0.258. The van der Waals surface area contributed by atoms with E-state index in [1.807, 2.05) is 11.0 Å². The number of nitriles is 1. The van der Waals surface area contributed by atoms with E-state index in [9.17, 15) is 8.42 Å². The molecule has 1 fully saturated rings. The maximum atomic E-state index is 11.1. The molecule has 0 spiro atoms. The van der Waals surface area contributed by atoms with E-state index >= 15 is 0 Å². The minimum absolute atomic E-state index is 0.175. The van der Waals surface area contributed by atoms with Crippen LogP contribution in [0.5, 0.6) is 0 Å². The molecule has 1 rings (SSSR count). The standard InChI is InChI=1S/C8H15N3O2S/c1-8(10,6-9)7-11-2-4-14(12,13)5-3-11/h2-5,7,10H2,1H3. The van der Waals surface area contributed by atoms with Crippen LogP contribution in [0, 0.1) is 11.3 Å². The van der Waals surface area contributed by atoms with Crippen LogP contribution in [-0.4, -0.2) is 50.0 Å². The molecule has 0 aliphatic carbocycles. The van der Waals surface area contributed by atoms with Crippen molar-refractivity contribution in [2.75, 3.05) is 31.1 Å². The molecule has 5 nitrogen and oxygen atoms in total. The van der Waals surface area contributed by atoms with E-state index in [0.717, 1.165) is 0 Å². The highest BCUT2D eigenvalue weighted by atomic mass is 32.2. The second kappa shape index (κ2) is 3.85. The van der Waals surface area contributed by atoms with Crippen molar-refractivity contribution in [1.29, 1.82) is 5.26 Å². The number of rotatable bonds is 2. The minimum atomic E-state index is -2.84. The molecule has 0 radical (unpaired) electrons. The molecule has 6 heteroatoms. The summed E-state index contributed by atoms with van der Waals surface area (Å²) in [6.07, 6.45) is 0. The van der Waals surface area contributed by atoms with Gasteiger partial charge in [-0.1, -0.05) is 0 Å². The summed E-state index contributed by atoms with van der Waals surface area (Å²) in [6, 6.07) is 2.00. The van der Waals surface area contributed by atoms with Gasteiger partial charge < -0.3 is 5.73 Å². The predicted octanol–water partition coefficient (Wildman–Crippen LogP) is -1.04. The van der Waals surface area contributed by atoms with Gasteiger partial charge in [-0.15, -0.1) is 0 Å². The second-order valence-corrected chi connectivity index (χ2v) is 6.26. The molecule has 0 amide bonds. The van der Waals surface area contributed by atoms with Gasteiger partial charge in [-0.05, 0) is 6.92 Å². The lowest BCUT2D eigenvalue weighted by Gasteiger charge is -2.30. The first-order valence-electron chi connectivity index (χ1n) is 4.48. The molecule has 0 aromatic heterocycles. The Morgan fingerprint density at radius 1 is 1.50 bits per heavy atom. The molecule has 0 aromatic rings. The molecule has 1 saturated heterocycles. The number of nitrogens with two attached hydrogens (primary N) is 1. The van der Waals surface area contributed by atoms with Gasteiger partial charge in [0.1, 0.15) is 5.54 Å². The number of nitrogens with zero attached hydrogens (tertiary/aromatic N) is 2. The van der Waals surface area contributed by atoms with Gasteiger partial charge in [-0.2, -0.15) is 5.26 Å². The Kier molecular flexibility index (Phi) is 3.14. The molecule has 0 bridgehead atoms. The zero-order valence-corrected chi connectivity index (χ0v) is 9.05. The van der Waals surface area contributed by atoms with Crippen molar-refractivity contribution in [3.05, 3.63) is 0 Å². The fourth-order valence-corrected chi connectivity index (χ4v) is 2.69. The molecule has 0 saturated carbocycles. The summed E-state index contributed by atoms with van der Waals surface area (Å²) in [5.74, 6) is 0.350. The van der Waals surface area contributed by atoms with Gasteiger partial charge in [0.15, 0.2) is 9.84 Å². The monoisotopic (exact) mass is 217 g/mol. The van der Waals surface area contributed by atoms with Gasteiger partial charge >= 0.3 is 0 Å². The van der Waals surface area contributed by atoms with Crippen molar-refractivity contribution in [3.63, 3.8) is 0 Å². The summed E-state index contributed by atoms with van der Waals surface area (Å²) in [6.45, 7) is 3.04. The van der Waals surface area contributed by atoms with Crippen LogP contribution in [0.3, 0.4) is 0 Å². The van der Waals surface area contributed by atoms with E-state index in [1.54, 1.807) is 6.92 Å². The van der Waals surface area contributed by atoms with E-state index in [0.29, 0.717) is 19.6 Å². The molecule has 0 aromatic carbocycles. The average Bonchev–Trinajstić information content (AvgIpc) is 2.09. The quantitative estimate of drug-likeness (QED) is 0.638. The Labute approximate surface area is 84.4 Å². The van der Waals surface area contributed by atoms with E-state index in [-0.39, 0.29) is 11.5 Å². The van der Waals surface area contributed by atoms with Crippen molar-refractivity contribution < 1.29 is 8.42 Å². The van der Waals surface area contributed by atoms with Gasteiger partial charge in [0.05, 0.1) is 17.6 Å². The Bertz CT molecular complexity index is 328. The van der Waals surface area contributed by atoms with Gasteiger partial charge in [0.25, 0.3) is 0 Å². The van der Waals surface area contributed by atoms with Crippen molar-refractivity contribution in [3.8, 4) is 6.07 Å². The highest BCUT2D eigenvalue weighted by Gasteiger charge is 2.27. The van der Waals surface area contributed by atoms with Gasteiger partial charge in [0, 0.05) is 19.6 Å². The van der Waals surface area contributed by atoms with Gasteiger partial charge in [-0.25, -0.2) is 8.42 Å². The lowest BCUT2D eigenvalue weighted by Crippen LogP contribution is -2.51. The van der Waals surface area contributed by atoms with Crippen LogP contribution in [0.2, 0.25) is 0 Å². The molecular formula is C8H15N3O2S. The maximum Gasteiger partial charge on any atom is 0.152 e. The molecule has 1 aliphatic heterocycles.